The second kappa shape index (κ2) is 4.91. The minimum Gasteiger partial charge on any atom is -0.489 e. The molecule has 0 saturated carbocycles. The van der Waals surface area contributed by atoms with Gasteiger partial charge in [0.2, 0.25) is 0 Å². The van der Waals surface area contributed by atoms with Crippen LogP contribution in [-0.2, 0) is 6.61 Å². The van der Waals surface area contributed by atoms with E-state index < -0.39 is 0 Å². The van der Waals surface area contributed by atoms with E-state index >= 15 is 0 Å². The number of anilines is 1. The number of benzene rings is 2. The summed E-state index contributed by atoms with van der Waals surface area (Å²) in [7, 11) is 0. The molecule has 0 heterocycles. The van der Waals surface area contributed by atoms with Crippen molar-refractivity contribution in [3.8, 4) is 5.75 Å². The van der Waals surface area contributed by atoms with Crippen molar-refractivity contribution in [2.24, 2.45) is 0 Å². The summed E-state index contributed by atoms with van der Waals surface area (Å²) in [6, 6.07) is 14.1. The zero-order valence-corrected chi connectivity index (χ0v) is 10.2. The van der Waals surface area contributed by atoms with Gasteiger partial charge in [-0.3, -0.25) is 0 Å². The predicted octanol–water partition coefficient (Wildman–Crippen LogP) is 3.46. The first-order valence-corrected chi connectivity index (χ1v) is 5.69. The Labute approximate surface area is 102 Å². The van der Waals surface area contributed by atoms with Crippen molar-refractivity contribution in [1.82, 2.24) is 0 Å². The van der Waals surface area contributed by atoms with Gasteiger partial charge in [0.05, 0.1) is 0 Å². The Kier molecular flexibility index (Phi) is 3.33. The summed E-state index contributed by atoms with van der Waals surface area (Å²) in [5.41, 5.74) is 9.99. The monoisotopic (exact) mass is 227 g/mol. The molecule has 0 unspecified atom stereocenters. The molecule has 0 aliphatic carbocycles. The van der Waals surface area contributed by atoms with Crippen molar-refractivity contribution in [3.05, 3.63) is 59.2 Å². The third-order valence-corrected chi connectivity index (χ3v) is 2.73. The van der Waals surface area contributed by atoms with E-state index in [2.05, 4.69) is 31.2 Å². The molecule has 0 aliphatic heterocycles. The lowest BCUT2D eigenvalue weighted by molar-refractivity contribution is 0.304. The van der Waals surface area contributed by atoms with Crippen LogP contribution in [0.5, 0.6) is 5.75 Å². The predicted molar refractivity (Wildman–Crippen MR) is 71.1 cm³/mol. The molecule has 0 atom stereocenters. The van der Waals surface area contributed by atoms with Gasteiger partial charge in [0, 0.05) is 11.8 Å². The molecule has 0 spiro atoms. The summed E-state index contributed by atoms with van der Waals surface area (Å²) in [4.78, 5) is 0. The maximum Gasteiger partial charge on any atom is 0.124 e. The fourth-order valence-electron chi connectivity index (χ4n) is 1.62. The van der Waals surface area contributed by atoms with Crippen LogP contribution < -0.4 is 10.5 Å². The van der Waals surface area contributed by atoms with Crippen LogP contribution >= 0.6 is 0 Å². The van der Waals surface area contributed by atoms with Crippen LogP contribution in [0.1, 0.15) is 16.7 Å². The van der Waals surface area contributed by atoms with Crippen LogP contribution in [0.25, 0.3) is 0 Å². The Balaban J connectivity index is 2.07. The van der Waals surface area contributed by atoms with Crippen LogP contribution in [0.3, 0.4) is 0 Å². The molecule has 0 bridgehead atoms. The number of nitrogens with two attached hydrogens (primary N) is 1. The molecule has 2 rings (SSSR count). The van der Waals surface area contributed by atoms with Crippen molar-refractivity contribution in [2.45, 2.75) is 20.5 Å². The second-order valence-corrected chi connectivity index (χ2v) is 4.30. The summed E-state index contributed by atoms with van der Waals surface area (Å²) in [5, 5.41) is 0. The molecule has 0 radical (unpaired) electrons. The topological polar surface area (TPSA) is 35.2 Å². The summed E-state index contributed by atoms with van der Waals surface area (Å²) in [5.74, 6) is 0.852. The molecule has 0 saturated heterocycles. The first kappa shape index (κ1) is 11.5. The average molecular weight is 227 g/mol. The van der Waals surface area contributed by atoms with E-state index in [1.165, 1.54) is 5.56 Å². The van der Waals surface area contributed by atoms with Crippen LogP contribution in [0, 0.1) is 13.8 Å². The van der Waals surface area contributed by atoms with Crippen molar-refractivity contribution >= 4 is 5.69 Å². The van der Waals surface area contributed by atoms with Gasteiger partial charge in [-0.25, -0.2) is 0 Å². The van der Waals surface area contributed by atoms with Crippen molar-refractivity contribution in [1.29, 1.82) is 0 Å². The lowest BCUT2D eigenvalue weighted by Crippen LogP contribution is -1.98. The van der Waals surface area contributed by atoms with Crippen LogP contribution in [0.15, 0.2) is 42.5 Å². The number of ether oxygens (including phenoxy) is 1. The summed E-state index contributed by atoms with van der Waals surface area (Å²) in [6.07, 6.45) is 0. The molecule has 2 N–H and O–H groups in total. The van der Waals surface area contributed by atoms with Gasteiger partial charge in [0.25, 0.3) is 0 Å². The lowest BCUT2D eigenvalue weighted by Gasteiger charge is -2.10. The number of nitrogen functional groups attached to an aromatic ring is 1. The van der Waals surface area contributed by atoms with Gasteiger partial charge in [-0.15, -0.1) is 0 Å². The van der Waals surface area contributed by atoms with E-state index in [1.54, 1.807) is 0 Å². The van der Waals surface area contributed by atoms with Gasteiger partial charge in [0.1, 0.15) is 12.4 Å². The van der Waals surface area contributed by atoms with E-state index in [9.17, 15) is 0 Å². The Bertz CT molecular complexity index is 503. The molecule has 2 aromatic carbocycles. The summed E-state index contributed by atoms with van der Waals surface area (Å²) < 4.78 is 5.76. The number of hydrogen-bond donors (Lipinski definition) is 1. The molecule has 0 fully saturated rings. The fraction of sp³-hybridized carbons (Fsp3) is 0.200. The van der Waals surface area contributed by atoms with Crippen LogP contribution in [0.2, 0.25) is 0 Å². The molecule has 17 heavy (non-hydrogen) atoms. The zero-order valence-electron chi connectivity index (χ0n) is 10.2. The van der Waals surface area contributed by atoms with E-state index in [1.807, 2.05) is 25.1 Å². The van der Waals surface area contributed by atoms with Gasteiger partial charge in [-0.2, -0.15) is 0 Å². The first-order chi connectivity index (χ1) is 8.15. The highest BCUT2D eigenvalue weighted by atomic mass is 16.5. The molecule has 2 aromatic rings. The molecule has 0 aliphatic rings. The van der Waals surface area contributed by atoms with Gasteiger partial charge in [-0.1, -0.05) is 35.9 Å². The average Bonchev–Trinajstić information content (AvgIpc) is 2.32. The number of hydrogen-bond acceptors (Lipinski definition) is 2. The van der Waals surface area contributed by atoms with E-state index in [-0.39, 0.29) is 0 Å². The maximum absolute atomic E-state index is 5.76. The molecule has 0 aromatic heterocycles. The molecule has 0 amide bonds. The van der Waals surface area contributed by atoms with Crippen LogP contribution in [0.4, 0.5) is 5.69 Å². The number of rotatable bonds is 3. The Morgan fingerprint density at radius 3 is 2.41 bits per heavy atom. The largest absolute Gasteiger partial charge is 0.489 e. The van der Waals surface area contributed by atoms with Crippen molar-refractivity contribution in [2.75, 3.05) is 5.73 Å². The van der Waals surface area contributed by atoms with E-state index in [4.69, 9.17) is 10.5 Å². The highest BCUT2D eigenvalue weighted by Gasteiger charge is 2.00. The smallest absolute Gasteiger partial charge is 0.124 e. The Morgan fingerprint density at radius 2 is 1.71 bits per heavy atom. The van der Waals surface area contributed by atoms with E-state index in [0.29, 0.717) is 6.61 Å². The summed E-state index contributed by atoms with van der Waals surface area (Å²) in [6.45, 7) is 4.67. The Morgan fingerprint density at radius 1 is 1.00 bits per heavy atom. The molecule has 2 nitrogen and oxygen atoms in total. The SMILES string of the molecule is Cc1ccc(COc2cc(N)ccc2C)cc1. The first-order valence-electron chi connectivity index (χ1n) is 5.69. The fourth-order valence-corrected chi connectivity index (χ4v) is 1.62. The minimum atomic E-state index is 0.574. The molecule has 88 valence electrons. The third kappa shape index (κ3) is 3.00. The lowest BCUT2D eigenvalue weighted by atomic mass is 10.1. The molecular weight excluding hydrogens is 210 g/mol. The van der Waals surface area contributed by atoms with Crippen molar-refractivity contribution in [3.63, 3.8) is 0 Å². The summed E-state index contributed by atoms with van der Waals surface area (Å²) >= 11 is 0. The highest BCUT2D eigenvalue weighted by molar-refractivity contribution is 5.48. The van der Waals surface area contributed by atoms with Gasteiger partial charge < -0.3 is 10.5 Å². The van der Waals surface area contributed by atoms with Gasteiger partial charge in [-0.05, 0) is 31.0 Å². The van der Waals surface area contributed by atoms with Crippen LogP contribution in [-0.4, -0.2) is 0 Å². The highest BCUT2D eigenvalue weighted by Crippen LogP contribution is 2.21. The maximum atomic E-state index is 5.76. The van der Waals surface area contributed by atoms with Gasteiger partial charge in [0.15, 0.2) is 0 Å². The Hall–Kier alpha value is -1.96. The van der Waals surface area contributed by atoms with Crippen molar-refractivity contribution < 1.29 is 4.74 Å². The number of aryl methyl sites for hydroxylation is 2. The standard InChI is InChI=1S/C15H17NO/c1-11-3-6-13(7-4-11)10-17-15-9-14(16)8-5-12(15)2/h3-9H,10,16H2,1-2H3. The zero-order chi connectivity index (χ0) is 12.3. The second-order valence-electron chi connectivity index (χ2n) is 4.30. The third-order valence-electron chi connectivity index (χ3n) is 2.73. The van der Waals surface area contributed by atoms with E-state index in [0.717, 1.165) is 22.6 Å². The molecule has 2 heteroatoms. The quantitative estimate of drug-likeness (QED) is 0.815. The molecular formula is C15H17NO. The van der Waals surface area contributed by atoms with Gasteiger partial charge >= 0.3 is 0 Å². The minimum absolute atomic E-state index is 0.574. The normalized spacial score (nSPS) is 10.2.